The first-order valence-corrected chi connectivity index (χ1v) is 10.6. The van der Waals surface area contributed by atoms with E-state index in [2.05, 4.69) is 0 Å². The van der Waals surface area contributed by atoms with Crippen LogP contribution in [-0.2, 0) is 0 Å². The highest BCUT2D eigenvalue weighted by Crippen LogP contribution is 2.32. The Labute approximate surface area is 176 Å². The Morgan fingerprint density at radius 3 is 2.37 bits per heavy atom. The molecule has 0 N–H and O–H groups in total. The van der Waals surface area contributed by atoms with E-state index in [1.807, 2.05) is 18.7 Å². The molecule has 2 aromatic carbocycles. The molecule has 1 fully saturated rings. The topological polar surface area (TPSA) is 66.9 Å². The number of fused-ring (bicyclic) bond motifs is 1. The van der Waals surface area contributed by atoms with Crippen molar-refractivity contribution in [2.24, 2.45) is 5.92 Å². The number of hydrogen-bond acceptors (Lipinski definition) is 4. The molecule has 1 aliphatic carbocycles. The molecule has 0 radical (unpaired) electrons. The van der Waals surface area contributed by atoms with Crippen molar-refractivity contribution < 1.29 is 19.1 Å². The van der Waals surface area contributed by atoms with Crippen LogP contribution in [0.2, 0.25) is 0 Å². The van der Waals surface area contributed by atoms with Crippen LogP contribution in [-0.4, -0.2) is 42.3 Å². The van der Waals surface area contributed by atoms with Gasteiger partial charge in [-0.05, 0) is 74.6 Å². The van der Waals surface area contributed by atoms with Gasteiger partial charge in [0.1, 0.15) is 5.75 Å². The number of amides is 3. The minimum Gasteiger partial charge on any atom is -0.494 e. The van der Waals surface area contributed by atoms with Crippen molar-refractivity contribution in [1.29, 1.82) is 0 Å². The largest absolute Gasteiger partial charge is 0.494 e. The van der Waals surface area contributed by atoms with Gasteiger partial charge in [0.25, 0.3) is 17.7 Å². The summed E-state index contributed by atoms with van der Waals surface area (Å²) in [7, 11) is 0. The monoisotopic (exact) mass is 406 g/mol. The summed E-state index contributed by atoms with van der Waals surface area (Å²) in [5.74, 6) is 0.414. The molecular formula is C24H26N2O4. The Morgan fingerprint density at radius 2 is 1.73 bits per heavy atom. The SMILES string of the molecule is CCCN(CC1CC1)C(=O)c1ccc2c(c1)C(=O)N(c1ccc(OCC)cc1)C2=O. The Morgan fingerprint density at radius 1 is 1.03 bits per heavy atom. The molecule has 1 heterocycles. The fourth-order valence-electron chi connectivity index (χ4n) is 3.81. The number of carbonyl (C=O) groups excluding carboxylic acids is 3. The molecule has 1 aliphatic heterocycles. The number of rotatable bonds is 8. The molecule has 6 heteroatoms. The number of anilines is 1. The molecule has 0 spiro atoms. The van der Waals surface area contributed by atoms with Gasteiger partial charge in [0, 0.05) is 18.7 Å². The van der Waals surface area contributed by atoms with Crippen molar-refractivity contribution in [2.75, 3.05) is 24.6 Å². The van der Waals surface area contributed by atoms with Crippen molar-refractivity contribution in [1.82, 2.24) is 4.90 Å². The summed E-state index contributed by atoms with van der Waals surface area (Å²) in [6.45, 7) is 5.93. The van der Waals surface area contributed by atoms with Crippen LogP contribution in [0.15, 0.2) is 42.5 Å². The van der Waals surface area contributed by atoms with Crippen molar-refractivity contribution in [3.8, 4) is 5.75 Å². The number of hydrogen-bond donors (Lipinski definition) is 0. The molecular weight excluding hydrogens is 380 g/mol. The van der Waals surface area contributed by atoms with Gasteiger partial charge in [0.15, 0.2) is 0 Å². The summed E-state index contributed by atoms with van der Waals surface area (Å²) in [5, 5.41) is 0. The van der Waals surface area contributed by atoms with E-state index in [0.29, 0.717) is 41.6 Å². The summed E-state index contributed by atoms with van der Waals surface area (Å²) >= 11 is 0. The van der Waals surface area contributed by atoms with Crippen molar-refractivity contribution in [2.45, 2.75) is 33.1 Å². The maximum absolute atomic E-state index is 13.0. The highest BCUT2D eigenvalue weighted by Gasteiger charge is 2.37. The molecule has 0 bridgehead atoms. The Bertz CT molecular complexity index is 979. The standard InChI is InChI=1S/C24H26N2O4/c1-3-13-25(15-16-5-6-16)22(27)17-7-12-20-21(14-17)24(29)26(23(20)28)18-8-10-19(11-9-18)30-4-2/h7-12,14,16H,3-6,13,15H2,1-2H3. The Hall–Kier alpha value is -3.15. The van der Waals surface area contributed by atoms with Crippen LogP contribution in [0.1, 0.15) is 64.2 Å². The molecule has 2 aromatic rings. The number of carbonyl (C=O) groups is 3. The van der Waals surface area contributed by atoms with E-state index in [1.54, 1.807) is 42.5 Å². The fraction of sp³-hybridized carbons (Fsp3) is 0.375. The van der Waals surface area contributed by atoms with Gasteiger partial charge in [0.2, 0.25) is 0 Å². The molecule has 2 aliphatic rings. The molecule has 1 saturated carbocycles. The minimum atomic E-state index is -0.405. The highest BCUT2D eigenvalue weighted by atomic mass is 16.5. The van der Waals surface area contributed by atoms with E-state index in [0.717, 1.165) is 17.9 Å². The first-order valence-electron chi connectivity index (χ1n) is 10.6. The van der Waals surface area contributed by atoms with Crippen molar-refractivity contribution in [3.63, 3.8) is 0 Å². The van der Waals surface area contributed by atoms with Crippen LogP contribution in [0.5, 0.6) is 5.75 Å². The fourth-order valence-corrected chi connectivity index (χ4v) is 3.81. The number of benzene rings is 2. The van der Waals surface area contributed by atoms with Crippen molar-refractivity contribution in [3.05, 3.63) is 59.2 Å². The van der Waals surface area contributed by atoms with Gasteiger partial charge >= 0.3 is 0 Å². The Balaban J connectivity index is 1.59. The highest BCUT2D eigenvalue weighted by molar-refractivity contribution is 6.34. The van der Waals surface area contributed by atoms with Gasteiger partial charge < -0.3 is 9.64 Å². The smallest absolute Gasteiger partial charge is 0.266 e. The van der Waals surface area contributed by atoms with Crippen LogP contribution in [0.3, 0.4) is 0 Å². The lowest BCUT2D eigenvalue weighted by Crippen LogP contribution is -2.33. The van der Waals surface area contributed by atoms with Crippen LogP contribution in [0, 0.1) is 5.92 Å². The van der Waals surface area contributed by atoms with E-state index in [1.165, 1.54) is 12.8 Å². The van der Waals surface area contributed by atoms with Crippen LogP contribution >= 0.6 is 0 Å². The van der Waals surface area contributed by atoms with Gasteiger partial charge in [-0.2, -0.15) is 0 Å². The van der Waals surface area contributed by atoms with Gasteiger partial charge in [-0.3, -0.25) is 14.4 Å². The zero-order chi connectivity index (χ0) is 21.3. The van der Waals surface area contributed by atoms with Gasteiger partial charge in [-0.15, -0.1) is 0 Å². The van der Waals surface area contributed by atoms with Gasteiger partial charge in [-0.1, -0.05) is 6.92 Å². The molecule has 3 amide bonds. The second-order valence-corrected chi connectivity index (χ2v) is 7.83. The summed E-state index contributed by atoms with van der Waals surface area (Å²) in [5.41, 5.74) is 1.55. The maximum atomic E-state index is 13.0. The third-order valence-corrected chi connectivity index (χ3v) is 5.50. The second kappa shape index (κ2) is 8.30. The van der Waals surface area contributed by atoms with Gasteiger partial charge in [-0.25, -0.2) is 4.90 Å². The van der Waals surface area contributed by atoms with Crippen LogP contribution in [0.25, 0.3) is 0 Å². The third kappa shape index (κ3) is 3.82. The molecule has 4 rings (SSSR count). The summed E-state index contributed by atoms with van der Waals surface area (Å²) in [4.78, 5) is 42.0. The summed E-state index contributed by atoms with van der Waals surface area (Å²) in [6, 6.07) is 11.7. The van der Waals surface area contributed by atoms with Gasteiger partial charge in [0.05, 0.1) is 23.4 Å². The molecule has 156 valence electrons. The molecule has 0 atom stereocenters. The average Bonchev–Trinajstić information content (AvgIpc) is 3.54. The lowest BCUT2D eigenvalue weighted by atomic mass is 10.0. The second-order valence-electron chi connectivity index (χ2n) is 7.83. The number of imide groups is 1. The normalized spacial score (nSPS) is 15.3. The predicted octanol–water partition coefficient (Wildman–Crippen LogP) is 4.15. The zero-order valence-electron chi connectivity index (χ0n) is 17.4. The summed E-state index contributed by atoms with van der Waals surface area (Å²) in [6.07, 6.45) is 3.22. The predicted molar refractivity (Wildman–Crippen MR) is 114 cm³/mol. The quantitative estimate of drug-likeness (QED) is 0.618. The first kappa shape index (κ1) is 20.1. The van der Waals surface area contributed by atoms with Crippen molar-refractivity contribution >= 4 is 23.4 Å². The number of nitrogens with zero attached hydrogens (tertiary/aromatic N) is 2. The lowest BCUT2D eigenvalue weighted by Gasteiger charge is -2.22. The van der Waals surface area contributed by atoms with E-state index in [4.69, 9.17) is 4.74 Å². The molecule has 0 aromatic heterocycles. The summed E-state index contributed by atoms with van der Waals surface area (Å²) < 4.78 is 5.42. The third-order valence-electron chi connectivity index (χ3n) is 5.50. The lowest BCUT2D eigenvalue weighted by molar-refractivity contribution is 0.0747. The minimum absolute atomic E-state index is 0.0775. The maximum Gasteiger partial charge on any atom is 0.266 e. The average molecular weight is 406 g/mol. The molecule has 0 saturated heterocycles. The molecule has 6 nitrogen and oxygen atoms in total. The molecule has 0 unspecified atom stereocenters. The van der Waals surface area contributed by atoms with Crippen LogP contribution in [0.4, 0.5) is 5.69 Å². The first-order chi connectivity index (χ1) is 14.5. The zero-order valence-corrected chi connectivity index (χ0v) is 17.4. The Kier molecular flexibility index (Phi) is 5.57. The van der Waals surface area contributed by atoms with E-state index in [9.17, 15) is 14.4 Å². The number of ether oxygens (including phenoxy) is 1. The van der Waals surface area contributed by atoms with E-state index < -0.39 is 5.91 Å². The van der Waals surface area contributed by atoms with E-state index >= 15 is 0 Å². The van der Waals surface area contributed by atoms with E-state index in [-0.39, 0.29) is 17.4 Å². The van der Waals surface area contributed by atoms with Crippen LogP contribution < -0.4 is 9.64 Å². The molecule has 30 heavy (non-hydrogen) atoms.